The lowest BCUT2D eigenvalue weighted by Gasteiger charge is -2.34. The molecular formula is C24H21NO5S. The van der Waals surface area contributed by atoms with Gasteiger partial charge in [0.05, 0.1) is 4.90 Å². The molecule has 0 spiro atoms. The molecule has 0 saturated carbocycles. The normalized spacial score (nSPS) is 23.9. The van der Waals surface area contributed by atoms with Crippen molar-refractivity contribution >= 4 is 15.8 Å². The Kier molecular flexibility index (Phi) is 4.18. The predicted octanol–water partition coefficient (Wildman–Crippen LogP) is 3.42. The first kappa shape index (κ1) is 19.9. The van der Waals surface area contributed by atoms with Crippen LogP contribution in [0, 0.1) is 0 Å². The second-order valence-corrected chi connectivity index (χ2v) is 9.88. The van der Waals surface area contributed by atoms with Crippen LogP contribution in [0.15, 0.2) is 77.7 Å². The van der Waals surface area contributed by atoms with Gasteiger partial charge in [0.1, 0.15) is 5.75 Å². The van der Waals surface area contributed by atoms with Crippen LogP contribution >= 0.6 is 0 Å². The van der Waals surface area contributed by atoms with Crippen molar-refractivity contribution in [1.29, 1.82) is 0 Å². The quantitative estimate of drug-likeness (QED) is 0.655. The number of fused-ring (bicyclic) bond motifs is 5. The zero-order valence-corrected chi connectivity index (χ0v) is 17.8. The summed E-state index contributed by atoms with van der Waals surface area (Å²) in [4.78, 5) is 13.7. The van der Waals surface area contributed by atoms with Crippen molar-refractivity contribution in [3.8, 4) is 5.75 Å². The molecule has 1 aliphatic heterocycles. The third-order valence-electron chi connectivity index (χ3n) is 6.06. The molecule has 2 aliphatic rings. The molecule has 2 N–H and O–H groups in total. The summed E-state index contributed by atoms with van der Waals surface area (Å²) in [5.41, 5.74) is -0.336. The highest BCUT2D eigenvalue weighted by Gasteiger charge is 2.72. The Morgan fingerprint density at radius 1 is 0.935 bits per heavy atom. The molecule has 1 heterocycles. The van der Waals surface area contributed by atoms with E-state index in [2.05, 4.69) is 4.72 Å². The van der Waals surface area contributed by atoms with Gasteiger partial charge in [-0.05, 0) is 29.7 Å². The summed E-state index contributed by atoms with van der Waals surface area (Å²) in [5.74, 6) is -2.29. The first-order valence-electron chi connectivity index (χ1n) is 10.00. The molecule has 1 aliphatic carbocycles. The van der Waals surface area contributed by atoms with Gasteiger partial charge in [-0.25, -0.2) is 8.42 Å². The Labute approximate surface area is 180 Å². The van der Waals surface area contributed by atoms with Gasteiger partial charge in [-0.1, -0.05) is 68.4 Å². The van der Waals surface area contributed by atoms with Gasteiger partial charge in [0.2, 0.25) is 10.0 Å². The maximum absolute atomic E-state index is 13.7. The fraction of sp³-hybridized carbons (Fsp3) is 0.208. The molecule has 2 atom stereocenters. The van der Waals surface area contributed by atoms with Crippen LogP contribution in [0.3, 0.4) is 0 Å². The Bertz CT molecular complexity index is 1320. The molecule has 0 bridgehead atoms. The number of hydrogen-bond donors (Lipinski definition) is 2. The Morgan fingerprint density at radius 3 is 2.32 bits per heavy atom. The lowest BCUT2D eigenvalue weighted by Crippen LogP contribution is -2.59. The van der Waals surface area contributed by atoms with E-state index in [0.29, 0.717) is 5.56 Å². The first-order chi connectivity index (χ1) is 14.7. The SMILES string of the molecule is CC(C)c1ccc2c(c1)OC1(O)c3ccccc3C(=O)C21NS(=O)(=O)c1ccccc1. The van der Waals surface area contributed by atoms with E-state index in [9.17, 15) is 18.3 Å². The number of benzene rings is 3. The highest BCUT2D eigenvalue weighted by Crippen LogP contribution is 2.58. The van der Waals surface area contributed by atoms with Crippen molar-refractivity contribution in [1.82, 2.24) is 4.72 Å². The predicted molar refractivity (Wildman–Crippen MR) is 114 cm³/mol. The largest absolute Gasteiger partial charge is 0.455 e. The maximum Gasteiger partial charge on any atom is 0.267 e. The summed E-state index contributed by atoms with van der Waals surface area (Å²) in [6, 6.07) is 19.5. The first-order valence-corrected chi connectivity index (χ1v) is 11.5. The number of carbonyl (C=O) groups excluding carboxylic acids is 1. The summed E-state index contributed by atoms with van der Waals surface area (Å²) < 4.78 is 35.2. The number of ether oxygens (including phenoxy) is 1. The standard InChI is InChI=1S/C24H21NO5S/c1-15(2)16-12-13-20-21(14-16)30-24(27)19-11-7-6-10-18(19)22(26)23(20,24)25-31(28,29)17-8-4-3-5-9-17/h3-15,25,27H,1-2H3. The summed E-state index contributed by atoms with van der Waals surface area (Å²) in [6.07, 6.45) is 0. The van der Waals surface area contributed by atoms with Crippen molar-refractivity contribution in [3.05, 3.63) is 95.1 Å². The smallest absolute Gasteiger partial charge is 0.267 e. The third kappa shape index (κ3) is 2.57. The lowest BCUT2D eigenvalue weighted by molar-refractivity contribution is -0.166. The van der Waals surface area contributed by atoms with Gasteiger partial charge < -0.3 is 9.84 Å². The number of aliphatic hydroxyl groups is 1. The molecule has 31 heavy (non-hydrogen) atoms. The number of rotatable bonds is 4. The van der Waals surface area contributed by atoms with Gasteiger partial charge in [-0.15, -0.1) is 0 Å². The highest BCUT2D eigenvalue weighted by molar-refractivity contribution is 7.89. The van der Waals surface area contributed by atoms with Gasteiger partial charge in [-0.2, -0.15) is 4.72 Å². The molecule has 2 unspecified atom stereocenters. The minimum atomic E-state index is -4.18. The second kappa shape index (κ2) is 6.50. The molecule has 158 valence electrons. The molecule has 0 aromatic heterocycles. The van der Waals surface area contributed by atoms with E-state index in [1.165, 1.54) is 12.1 Å². The summed E-state index contributed by atoms with van der Waals surface area (Å²) in [7, 11) is -4.18. The van der Waals surface area contributed by atoms with E-state index in [0.717, 1.165) is 5.56 Å². The number of hydrogen-bond acceptors (Lipinski definition) is 5. The zero-order valence-electron chi connectivity index (χ0n) is 17.0. The lowest BCUT2D eigenvalue weighted by atomic mass is 9.83. The molecule has 5 rings (SSSR count). The average Bonchev–Trinajstić information content (AvgIpc) is 3.11. The fourth-order valence-electron chi connectivity index (χ4n) is 4.45. The molecular weight excluding hydrogens is 414 g/mol. The Balaban J connectivity index is 1.77. The van der Waals surface area contributed by atoms with Crippen LogP contribution in [0.2, 0.25) is 0 Å². The van der Waals surface area contributed by atoms with E-state index in [-0.39, 0.29) is 27.7 Å². The maximum atomic E-state index is 13.7. The topological polar surface area (TPSA) is 92.7 Å². The van der Waals surface area contributed by atoms with Crippen LogP contribution in [-0.4, -0.2) is 19.3 Å². The van der Waals surface area contributed by atoms with Crippen molar-refractivity contribution in [3.63, 3.8) is 0 Å². The van der Waals surface area contributed by atoms with E-state index in [1.807, 2.05) is 19.9 Å². The van der Waals surface area contributed by atoms with Crippen molar-refractivity contribution < 1.29 is 23.1 Å². The molecule has 0 radical (unpaired) electrons. The highest BCUT2D eigenvalue weighted by atomic mass is 32.2. The van der Waals surface area contributed by atoms with Crippen LogP contribution in [0.1, 0.15) is 46.8 Å². The molecule has 0 amide bonds. The molecule has 7 heteroatoms. The van der Waals surface area contributed by atoms with Crippen molar-refractivity contribution in [2.45, 2.75) is 36.0 Å². The van der Waals surface area contributed by atoms with E-state index >= 15 is 0 Å². The second-order valence-electron chi connectivity index (χ2n) is 8.20. The summed E-state index contributed by atoms with van der Waals surface area (Å²) >= 11 is 0. The average molecular weight is 436 g/mol. The van der Waals surface area contributed by atoms with Crippen LogP contribution < -0.4 is 9.46 Å². The third-order valence-corrected chi connectivity index (χ3v) is 7.53. The van der Waals surface area contributed by atoms with Crippen LogP contribution in [-0.2, 0) is 21.3 Å². The molecule has 6 nitrogen and oxygen atoms in total. The summed E-state index contributed by atoms with van der Waals surface area (Å²) in [5, 5.41) is 11.8. The number of nitrogens with one attached hydrogen (secondary N) is 1. The van der Waals surface area contributed by atoms with E-state index < -0.39 is 27.1 Å². The minimum Gasteiger partial charge on any atom is -0.455 e. The van der Waals surface area contributed by atoms with Crippen LogP contribution in [0.25, 0.3) is 0 Å². The number of ketones is 1. The Morgan fingerprint density at radius 2 is 1.61 bits per heavy atom. The fourth-order valence-corrected chi connectivity index (χ4v) is 5.83. The monoisotopic (exact) mass is 435 g/mol. The van der Waals surface area contributed by atoms with Gasteiger partial charge >= 0.3 is 0 Å². The number of sulfonamides is 1. The Hall–Kier alpha value is -3.00. The molecule has 0 saturated heterocycles. The number of carbonyl (C=O) groups is 1. The van der Waals surface area contributed by atoms with Gasteiger partial charge in [0, 0.05) is 16.7 Å². The molecule has 0 fully saturated rings. The van der Waals surface area contributed by atoms with Crippen molar-refractivity contribution in [2.75, 3.05) is 0 Å². The van der Waals surface area contributed by atoms with Gasteiger partial charge in [0.25, 0.3) is 5.79 Å². The van der Waals surface area contributed by atoms with E-state index in [4.69, 9.17) is 4.74 Å². The van der Waals surface area contributed by atoms with Crippen LogP contribution in [0.5, 0.6) is 5.75 Å². The molecule has 3 aromatic carbocycles. The van der Waals surface area contributed by atoms with Gasteiger partial charge in [-0.3, -0.25) is 4.79 Å². The van der Waals surface area contributed by atoms with E-state index in [1.54, 1.807) is 54.6 Å². The van der Waals surface area contributed by atoms with Gasteiger partial charge in [0.15, 0.2) is 11.3 Å². The molecule has 3 aromatic rings. The zero-order chi connectivity index (χ0) is 22.0. The number of Topliss-reactive ketones (excluding diaryl/α,β-unsaturated/α-hetero) is 1. The van der Waals surface area contributed by atoms with Crippen LogP contribution in [0.4, 0.5) is 0 Å². The minimum absolute atomic E-state index is 0.0114. The summed E-state index contributed by atoms with van der Waals surface area (Å²) in [6.45, 7) is 4.03. The van der Waals surface area contributed by atoms with Crippen molar-refractivity contribution in [2.24, 2.45) is 0 Å².